The van der Waals surface area contributed by atoms with E-state index in [9.17, 15) is 9.18 Å². The number of benzene rings is 1. The topological polar surface area (TPSA) is 59.6 Å². The van der Waals surface area contributed by atoms with Crippen LogP contribution in [0.4, 0.5) is 4.39 Å². The summed E-state index contributed by atoms with van der Waals surface area (Å²) in [6.45, 7) is 3.71. The summed E-state index contributed by atoms with van der Waals surface area (Å²) in [6.07, 6.45) is 1.23. The van der Waals surface area contributed by atoms with Crippen LogP contribution in [0, 0.1) is 5.82 Å². The van der Waals surface area contributed by atoms with Crippen molar-refractivity contribution >= 4 is 5.91 Å². The molecule has 0 bridgehead atoms. The summed E-state index contributed by atoms with van der Waals surface area (Å²) in [5, 5.41) is 6.18. The van der Waals surface area contributed by atoms with E-state index in [2.05, 4.69) is 10.6 Å². The highest BCUT2D eigenvalue weighted by atomic mass is 19.1. The molecule has 2 N–H and O–H groups in total. The molecule has 1 aliphatic heterocycles. The maximum atomic E-state index is 13.2. The summed E-state index contributed by atoms with van der Waals surface area (Å²) in [5.74, 6) is -0.306. The van der Waals surface area contributed by atoms with E-state index in [0.717, 1.165) is 12.1 Å². The third kappa shape index (κ3) is 4.73. The van der Waals surface area contributed by atoms with Gasteiger partial charge >= 0.3 is 0 Å². The summed E-state index contributed by atoms with van der Waals surface area (Å²) in [4.78, 5) is 12.8. The first kappa shape index (κ1) is 17.8. The van der Waals surface area contributed by atoms with Crippen LogP contribution in [0.15, 0.2) is 24.3 Å². The Labute approximate surface area is 136 Å². The van der Waals surface area contributed by atoms with Crippen LogP contribution in [-0.4, -0.2) is 52.5 Å². The summed E-state index contributed by atoms with van der Waals surface area (Å²) in [7, 11) is 1.65. The van der Waals surface area contributed by atoms with E-state index < -0.39 is 5.41 Å². The van der Waals surface area contributed by atoms with Crippen LogP contribution in [0.3, 0.4) is 0 Å². The zero-order valence-corrected chi connectivity index (χ0v) is 13.6. The Morgan fingerprint density at radius 2 is 1.91 bits per heavy atom. The first-order valence-electron chi connectivity index (χ1n) is 8.01. The lowest BCUT2D eigenvalue weighted by Crippen LogP contribution is -2.49. The number of rotatable bonds is 8. The molecule has 6 heteroatoms. The molecule has 1 amide bonds. The maximum absolute atomic E-state index is 13.2. The molecule has 0 spiro atoms. The van der Waals surface area contributed by atoms with Gasteiger partial charge in [-0.15, -0.1) is 0 Å². The van der Waals surface area contributed by atoms with Gasteiger partial charge in [0.05, 0.1) is 12.0 Å². The Balaban J connectivity index is 1.97. The normalized spacial score (nSPS) is 17.0. The van der Waals surface area contributed by atoms with Crippen LogP contribution in [0.1, 0.15) is 18.4 Å². The van der Waals surface area contributed by atoms with Crippen molar-refractivity contribution in [2.75, 3.05) is 46.6 Å². The lowest BCUT2D eigenvalue weighted by atomic mass is 9.73. The molecule has 0 aliphatic carbocycles. The first-order valence-corrected chi connectivity index (χ1v) is 8.01. The van der Waals surface area contributed by atoms with Gasteiger partial charge in [-0.25, -0.2) is 4.39 Å². The number of hydrogen-bond donors (Lipinski definition) is 2. The minimum Gasteiger partial charge on any atom is -0.383 e. The molecule has 0 unspecified atom stereocenters. The van der Waals surface area contributed by atoms with Crippen molar-refractivity contribution in [1.82, 2.24) is 10.6 Å². The van der Waals surface area contributed by atoms with Gasteiger partial charge in [-0.1, -0.05) is 12.1 Å². The number of carbonyl (C=O) groups excluding carboxylic acids is 1. The fourth-order valence-electron chi connectivity index (χ4n) is 2.87. The van der Waals surface area contributed by atoms with Gasteiger partial charge in [0.15, 0.2) is 0 Å². The molecule has 1 aromatic rings. The Morgan fingerprint density at radius 1 is 1.22 bits per heavy atom. The van der Waals surface area contributed by atoms with E-state index in [1.54, 1.807) is 19.2 Å². The van der Waals surface area contributed by atoms with Crippen LogP contribution < -0.4 is 10.6 Å². The molecule has 0 aromatic heterocycles. The van der Waals surface area contributed by atoms with E-state index in [1.165, 1.54) is 12.1 Å². The molecule has 1 aromatic carbocycles. The lowest BCUT2D eigenvalue weighted by Gasteiger charge is -2.36. The smallest absolute Gasteiger partial charge is 0.230 e. The zero-order valence-electron chi connectivity index (χ0n) is 13.6. The summed E-state index contributed by atoms with van der Waals surface area (Å²) >= 11 is 0. The summed E-state index contributed by atoms with van der Waals surface area (Å²) in [5.41, 5.74) is 0.227. The van der Waals surface area contributed by atoms with Gasteiger partial charge in [0.1, 0.15) is 5.82 Å². The quantitative estimate of drug-likeness (QED) is 0.706. The molecule has 128 valence electrons. The van der Waals surface area contributed by atoms with Crippen LogP contribution in [-0.2, 0) is 19.7 Å². The summed E-state index contributed by atoms with van der Waals surface area (Å²) in [6, 6.07) is 6.23. The average molecular weight is 324 g/mol. The van der Waals surface area contributed by atoms with Gasteiger partial charge in [-0.05, 0) is 30.5 Å². The molecule has 2 rings (SSSR count). The van der Waals surface area contributed by atoms with Gasteiger partial charge in [-0.2, -0.15) is 0 Å². The van der Waals surface area contributed by atoms with Crippen LogP contribution in [0.5, 0.6) is 0 Å². The van der Waals surface area contributed by atoms with Crippen LogP contribution in [0.2, 0.25) is 0 Å². The average Bonchev–Trinajstić information content (AvgIpc) is 2.59. The molecular formula is C17H25FN2O3. The van der Waals surface area contributed by atoms with Crippen molar-refractivity contribution in [2.45, 2.75) is 18.3 Å². The second-order valence-electron chi connectivity index (χ2n) is 5.70. The third-order valence-electron chi connectivity index (χ3n) is 4.25. The Bertz CT molecular complexity index is 487. The number of carbonyl (C=O) groups is 1. The Hall–Kier alpha value is -1.50. The fraction of sp³-hybridized carbons (Fsp3) is 0.588. The van der Waals surface area contributed by atoms with Gasteiger partial charge in [-0.3, -0.25) is 4.79 Å². The molecule has 0 atom stereocenters. The standard InChI is InChI=1S/C17H25FN2O3/c1-22-13-10-19-8-9-20-16(21)17(6-11-23-12-7-17)14-2-4-15(18)5-3-14/h2-5,19H,6-13H2,1H3,(H,20,21). The molecule has 0 saturated carbocycles. The highest BCUT2D eigenvalue weighted by Gasteiger charge is 2.41. The molecule has 5 nitrogen and oxygen atoms in total. The Kier molecular flexibility index (Phi) is 6.95. The van der Waals surface area contributed by atoms with Crippen LogP contribution >= 0.6 is 0 Å². The van der Waals surface area contributed by atoms with Gasteiger partial charge in [0.25, 0.3) is 0 Å². The molecule has 1 heterocycles. The van der Waals surface area contributed by atoms with Gasteiger partial charge < -0.3 is 20.1 Å². The maximum Gasteiger partial charge on any atom is 0.230 e. The summed E-state index contributed by atoms with van der Waals surface area (Å²) < 4.78 is 23.5. The predicted octanol–water partition coefficient (Wildman–Crippen LogP) is 1.23. The first-order chi connectivity index (χ1) is 11.2. The predicted molar refractivity (Wildman–Crippen MR) is 85.9 cm³/mol. The van der Waals surface area contributed by atoms with Gasteiger partial charge in [0.2, 0.25) is 5.91 Å². The highest BCUT2D eigenvalue weighted by Crippen LogP contribution is 2.35. The molecule has 23 heavy (non-hydrogen) atoms. The number of methoxy groups -OCH3 is 1. The van der Waals surface area contributed by atoms with E-state index in [0.29, 0.717) is 45.8 Å². The van der Waals surface area contributed by atoms with Crippen molar-refractivity contribution in [3.8, 4) is 0 Å². The number of halogens is 1. The van der Waals surface area contributed by atoms with E-state index >= 15 is 0 Å². The monoisotopic (exact) mass is 324 g/mol. The molecule has 1 saturated heterocycles. The number of amides is 1. The van der Waals surface area contributed by atoms with Crippen molar-refractivity contribution in [3.05, 3.63) is 35.6 Å². The van der Waals surface area contributed by atoms with E-state index in [4.69, 9.17) is 9.47 Å². The minimum absolute atomic E-state index is 0.0130. The van der Waals surface area contributed by atoms with Crippen molar-refractivity contribution in [3.63, 3.8) is 0 Å². The van der Waals surface area contributed by atoms with E-state index in [-0.39, 0.29) is 11.7 Å². The third-order valence-corrected chi connectivity index (χ3v) is 4.25. The second-order valence-corrected chi connectivity index (χ2v) is 5.70. The largest absolute Gasteiger partial charge is 0.383 e. The molecule has 1 fully saturated rings. The van der Waals surface area contributed by atoms with Crippen molar-refractivity contribution in [2.24, 2.45) is 0 Å². The fourth-order valence-corrected chi connectivity index (χ4v) is 2.87. The van der Waals surface area contributed by atoms with E-state index in [1.807, 2.05) is 0 Å². The molecular weight excluding hydrogens is 299 g/mol. The molecule has 0 radical (unpaired) electrons. The highest BCUT2D eigenvalue weighted by molar-refractivity contribution is 5.88. The van der Waals surface area contributed by atoms with Crippen molar-refractivity contribution < 1.29 is 18.7 Å². The molecule has 1 aliphatic rings. The lowest BCUT2D eigenvalue weighted by molar-refractivity contribution is -0.130. The van der Waals surface area contributed by atoms with Crippen LogP contribution in [0.25, 0.3) is 0 Å². The second kappa shape index (κ2) is 8.96. The van der Waals surface area contributed by atoms with Gasteiger partial charge in [0, 0.05) is 40.0 Å². The SMILES string of the molecule is COCCNCCNC(=O)C1(c2ccc(F)cc2)CCOCC1. The van der Waals surface area contributed by atoms with Crippen molar-refractivity contribution in [1.29, 1.82) is 0 Å². The number of hydrogen-bond acceptors (Lipinski definition) is 4. The number of ether oxygens (including phenoxy) is 2. The Morgan fingerprint density at radius 3 is 2.57 bits per heavy atom. The number of nitrogens with one attached hydrogen (secondary N) is 2. The zero-order chi connectivity index (χ0) is 16.5. The minimum atomic E-state index is -0.627.